The topological polar surface area (TPSA) is 78.2 Å². The summed E-state index contributed by atoms with van der Waals surface area (Å²) in [6, 6.07) is 12.8. The summed E-state index contributed by atoms with van der Waals surface area (Å²) in [5, 5.41) is 7.49. The quantitative estimate of drug-likeness (QED) is 0.245. The van der Waals surface area contributed by atoms with E-state index in [1.807, 2.05) is 0 Å². The second kappa shape index (κ2) is 10.3. The Hall–Kier alpha value is -4.63. The molecule has 0 radical (unpaired) electrons. The van der Waals surface area contributed by atoms with Crippen molar-refractivity contribution >= 4 is 11.7 Å². The van der Waals surface area contributed by atoms with E-state index in [1.54, 1.807) is 37.3 Å². The van der Waals surface area contributed by atoms with E-state index in [0.29, 0.717) is 29.2 Å². The van der Waals surface area contributed by atoms with E-state index in [2.05, 4.69) is 29.4 Å². The van der Waals surface area contributed by atoms with Crippen LogP contribution in [0, 0.1) is 13.5 Å². The maximum atomic E-state index is 14.0. The molecule has 222 valence electrons. The van der Waals surface area contributed by atoms with Crippen LogP contribution in [0.15, 0.2) is 65.6 Å². The summed E-state index contributed by atoms with van der Waals surface area (Å²) < 4.78 is 45.4. The van der Waals surface area contributed by atoms with Gasteiger partial charge in [-0.05, 0) is 43.3 Å². The average molecular weight is 591 g/mol. The summed E-state index contributed by atoms with van der Waals surface area (Å²) in [6.45, 7) is 8.83. The fourth-order valence-electron chi connectivity index (χ4n) is 6.81. The molecule has 1 unspecified atom stereocenters. The molecule has 2 aromatic carbocycles. The number of piperidine rings is 1. The summed E-state index contributed by atoms with van der Waals surface area (Å²) in [6.07, 6.45) is 0.608. The van der Waals surface area contributed by atoms with Crippen LogP contribution in [0.4, 0.5) is 23.7 Å². The van der Waals surface area contributed by atoms with Crippen molar-refractivity contribution in [2.45, 2.75) is 56.9 Å². The smallest absolute Gasteiger partial charge is 0.334 e. The van der Waals surface area contributed by atoms with Gasteiger partial charge in [0.2, 0.25) is 0 Å². The Kier molecular flexibility index (Phi) is 6.81. The largest absolute Gasteiger partial charge is 0.416 e. The molecule has 4 heterocycles. The molecule has 2 bridgehead atoms. The van der Waals surface area contributed by atoms with Gasteiger partial charge in [-0.1, -0.05) is 18.2 Å². The highest BCUT2D eigenvalue weighted by Gasteiger charge is 2.49. The number of amides is 1. The van der Waals surface area contributed by atoms with E-state index in [1.165, 1.54) is 23.0 Å². The molecular formula is C31H31F3N7O2+. The molecule has 1 N–H and O–H groups in total. The number of imidazole rings is 1. The van der Waals surface area contributed by atoms with Crippen molar-refractivity contribution in [3.63, 3.8) is 0 Å². The first kappa shape index (κ1) is 28.5. The zero-order valence-electron chi connectivity index (χ0n) is 24.0. The SMILES string of the molecule is [C-]#[N+]c1ccc(-n2nccc2-c2c(C)n(-c3cccc(C(F)(F)F)c3)c(=O)n2C(=O)NC2C[C@H]3CC[C@@H](C2)[N+]3(C)C)cc1. The van der Waals surface area contributed by atoms with Crippen LogP contribution in [0.25, 0.3) is 27.6 Å². The van der Waals surface area contributed by atoms with Gasteiger partial charge in [-0.15, -0.1) is 0 Å². The number of halogens is 3. The lowest BCUT2D eigenvalue weighted by Gasteiger charge is -2.44. The molecular weight excluding hydrogens is 559 g/mol. The maximum Gasteiger partial charge on any atom is 0.416 e. The normalized spacial score (nSPS) is 21.0. The molecule has 43 heavy (non-hydrogen) atoms. The molecule has 2 fully saturated rings. The van der Waals surface area contributed by atoms with Gasteiger partial charge >= 0.3 is 17.9 Å². The number of fused-ring (bicyclic) bond motifs is 2. The van der Waals surface area contributed by atoms with Crippen LogP contribution in [-0.2, 0) is 6.18 Å². The van der Waals surface area contributed by atoms with Crippen LogP contribution < -0.4 is 11.0 Å². The lowest BCUT2D eigenvalue weighted by atomic mass is 9.96. The van der Waals surface area contributed by atoms with Crippen LogP contribution in [0.3, 0.4) is 0 Å². The number of rotatable bonds is 4. The lowest BCUT2D eigenvalue weighted by Crippen LogP contribution is -2.59. The first-order valence-corrected chi connectivity index (χ1v) is 14.1. The van der Waals surface area contributed by atoms with Gasteiger partial charge in [0.05, 0.1) is 67.3 Å². The van der Waals surface area contributed by atoms with Gasteiger partial charge in [-0.3, -0.25) is 4.57 Å². The predicted octanol–water partition coefficient (Wildman–Crippen LogP) is 5.70. The monoisotopic (exact) mass is 590 g/mol. The van der Waals surface area contributed by atoms with Crippen LogP contribution in [0.2, 0.25) is 0 Å². The molecule has 0 saturated carbocycles. The lowest BCUT2D eigenvalue weighted by molar-refractivity contribution is -0.930. The first-order chi connectivity index (χ1) is 20.4. The molecule has 1 amide bonds. The first-order valence-electron chi connectivity index (χ1n) is 14.1. The Labute approximate surface area is 246 Å². The van der Waals surface area contributed by atoms with Gasteiger partial charge in [-0.25, -0.2) is 23.7 Å². The minimum Gasteiger partial charge on any atom is -0.334 e. The molecule has 0 spiro atoms. The number of nitrogens with zero attached hydrogens (tertiary/aromatic N) is 6. The molecule has 3 atom stereocenters. The summed E-state index contributed by atoms with van der Waals surface area (Å²) in [4.78, 5) is 31.4. The van der Waals surface area contributed by atoms with Crippen molar-refractivity contribution in [3.8, 4) is 22.8 Å². The Morgan fingerprint density at radius 3 is 2.35 bits per heavy atom. The number of hydrogen-bond donors (Lipinski definition) is 1. The highest BCUT2D eigenvalue weighted by molar-refractivity contribution is 5.83. The van der Waals surface area contributed by atoms with E-state index in [0.717, 1.165) is 51.4 Å². The van der Waals surface area contributed by atoms with Gasteiger partial charge in [0.25, 0.3) is 0 Å². The standard InChI is InChI=1S/C31H30F3N7O2/c1-19-28(27-14-15-36-40(27)23-10-8-21(35-2)9-11-23)39(29(42)37-22-17-25-12-13-26(18-22)41(25,3)4)30(43)38(19)24-7-5-6-20(16-24)31(32,33)34/h5-11,14-16,22,25-26H,12-13,17-18H2,1,3-4H3/p+1/t22?,25-,26+. The van der Waals surface area contributed by atoms with E-state index >= 15 is 0 Å². The third kappa shape index (κ3) is 4.83. The summed E-state index contributed by atoms with van der Waals surface area (Å²) in [7, 11) is 4.43. The Bertz CT molecular complexity index is 1790. The fourth-order valence-corrected chi connectivity index (χ4v) is 6.81. The molecule has 2 saturated heterocycles. The molecule has 2 aliphatic rings. The minimum absolute atomic E-state index is 0.00707. The van der Waals surface area contributed by atoms with Crippen LogP contribution in [-0.4, -0.2) is 61.6 Å². The van der Waals surface area contributed by atoms with E-state index in [4.69, 9.17) is 6.57 Å². The summed E-state index contributed by atoms with van der Waals surface area (Å²) in [5.41, 5.74) is 0.210. The number of alkyl halides is 3. The zero-order chi connectivity index (χ0) is 30.7. The predicted molar refractivity (Wildman–Crippen MR) is 154 cm³/mol. The summed E-state index contributed by atoms with van der Waals surface area (Å²) >= 11 is 0. The minimum atomic E-state index is -4.61. The molecule has 6 rings (SSSR count). The molecule has 2 aliphatic heterocycles. The highest BCUT2D eigenvalue weighted by atomic mass is 19.4. The second-order valence-corrected chi connectivity index (χ2v) is 11.8. The van der Waals surface area contributed by atoms with Gasteiger partial charge in [0, 0.05) is 31.7 Å². The van der Waals surface area contributed by atoms with Gasteiger partial charge in [0.15, 0.2) is 5.69 Å². The third-order valence-electron chi connectivity index (χ3n) is 9.18. The summed E-state index contributed by atoms with van der Waals surface area (Å²) in [5.74, 6) is 0. The fraction of sp³-hybridized carbons (Fsp3) is 0.355. The number of nitrogens with one attached hydrogen (secondary N) is 1. The number of aromatic nitrogens is 4. The van der Waals surface area contributed by atoms with Crippen molar-refractivity contribution in [1.82, 2.24) is 24.2 Å². The third-order valence-corrected chi connectivity index (χ3v) is 9.18. The maximum absolute atomic E-state index is 14.0. The molecule has 12 heteroatoms. The average Bonchev–Trinajstić information content (AvgIpc) is 3.56. The van der Waals surface area contributed by atoms with E-state index in [-0.39, 0.29) is 23.1 Å². The molecule has 2 aromatic heterocycles. The van der Waals surface area contributed by atoms with Gasteiger partial charge in [0.1, 0.15) is 5.69 Å². The Morgan fingerprint density at radius 1 is 1.05 bits per heavy atom. The van der Waals surface area contributed by atoms with E-state index < -0.39 is 23.5 Å². The van der Waals surface area contributed by atoms with Crippen molar-refractivity contribution in [2.75, 3.05) is 14.1 Å². The molecule has 0 aliphatic carbocycles. The van der Waals surface area contributed by atoms with Crippen molar-refractivity contribution < 1.29 is 22.4 Å². The van der Waals surface area contributed by atoms with Crippen molar-refractivity contribution in [1.29, 1.82) is 0 Å². The highest BCUT2D eigenvalue weighted by Crippen LogP contribution is 2.40. The molecule has 9 nitrogen and oxygen atoms in total. The second-order valence-electron chi connectivity index (χ2n) is 11.8. The van der Waals surface area contributed by atoms with Crippen molar-refractivity contribution in [3.05, 3.63) is 94.0 Å². The molecule has 4 aromatic rings. The van der Waals surface area contributed by atoms with Gasteiger partial charge < -0.3 is 9.80 Å². The Morgan fingerprint density at radius 2 is 1.72 bits per heavy atom. The van der Waals surface area contributed by atoms with E-state index in [9.17, 15) is 22.8 Å². The number of quaternary nitrogens is 1. The zero-order valence-corrected chi connectivity index (χ0v) is 24.0. The van der Waals surface area contributed by atoms with Crippen molar-refractivity contribution in [2.24, 2.45) is 0 Å². The number of carbonyl (C=O) groups is 1. The van der Waals surface area contributed by atoms with Crippen LogP contribution >= 0.6 is 0 Å². The van der Waals surface area contributed by atoms with Crippen LogP contribution in [0.1, 0.15) is 36.9 Å². The van der Waals surface area contributed by atoms with Crippen LogP contribution in [0.5, 0.6) is 0 Å². The Balaban J connectivity index is 1.48. The number of hydrogen-bond acceptors (Lipinski definition) is 3. The van der Waals surface area contributed by atoms with Gasteiger partial charge in [-0.2, -0.15) is 18.3 Å². The number of carbonyl (C=O) groups excluding carboxylic acids is 1. The number of benzene rings is 2.